The average Bonchev–Trinajstić information content (AvgIpc) is 3.17. The van der Waals surface area contributed by atoms with Crippen LogP contribution in [0.3, 0.4) is 0 Å². The lowest BCUT2D eigenvalue weighted by atomic mass is 10.3. The summed E-state index contributed by atoms with van der Waals surface area (Å²) in [6, 6.07) is 3.91. The fourth-order valence-electron chi connectivity index (χ4n) is 2.13. The smallest absolute Gasteiger partial charge is 0.405 e. The van der Waals surface area contributed by atoms with E-state index < -0.39 is 29.3 Å². The molecule has 0 radical (unpaired) electrons. The lowest BCUT2D eigenvalue weighted by molar-refractivity contribution is -0.404. The molecule has 0 saturated carbocycles. The van der Waals surface area contributed by atoms with Crippen molar-refractivity contribution in [1.82, 2.24) is 20.9 Å². The van der Waals surface area contributed by atoms with Crippen molar-refractivity contribution in [2.24, 2.45) is 5.16 Å². The van der Waals surface area contributed by atoms with Gasteiger partial charge in [0.1, 0.15) is 12.4 Å². The Morgan fingerprint density at radius 3 is 2.69 bits per heavy atom. The number of amidine groups is 1. The van der Waals surface area contributed by atoms with Crippen molar-refractivity contribution in [2.45, 2.75) is 6.18 Å². The fourth-order valence-corrected chi connectivity index (χ4v) is 2.51. The highest BCUT2D eigenvalue weighted by atomic mass is 79.9. The van der Waals surface area contributed by atoms with E-state index in [1.54, 1.807) is 0 Å². The van der Waals surface area contributed by atoms with Crippen molar-refractivity contribution in [3.8, 4) is 0 Å². The number of nitrogens with one attached hydrogen (secondary N) is 4. The van der Waals surface area contributed by atoms with Crippen LogP contribution < -0.4 is 21.3 Å². The van der Waals surface area contributed by atoms with Crippen LogP contribution in [0.2, 0.25) is 0 Å². The first-order chi connectivity index (χ1) is 15.1. The molecule has 5 N–H and O–H groups in total. The summed E-state index contributed by atoms with van der Waals surface area (Å²) in [6.07, 6.45) is -4.21. The number of anilines is 2. The molecule has 1 heterocycles. The summed E-state index contributed by atoms with van der Waals surface area (Å²) in [4.78, 5) is 9.64. The maximum atomic E-state index is 13.4. The highest BCUT2D eigenvalue weighted by Gasteiger charge is 2.27. The Hall–Kier alpha value is -3.63. The Morgan fingerprint density at radius 2 is 2.06 bits per heavy atom. The molecule has 0 atom stereocenters. The molecule has 1 aromatic heterocycles. The van der Waals surface area contributed by atoms with Crippen molar-refractivity contribution in [3.05, 3.63) is 56.3 Å². The van der Waals surface area contributed by atoms with Crippen molar-refractivity contribution in [3.63, 3.8) is 0 Å². The van der Waals surface area contributed by atoms with Gasteiger partial charge in [0.25, 0.3) is 6.20 Å². The predicted molar refractivity (Wildman–Crippen MR) is 106 cm³/mol. The van der Waals surface area contributed by atoms with Crippen molar-refractivity contribution >= 4 is 33.3 Å². The quantitative estimate of drug-likeness (QED) is 0.0590. The van der Waals surface area contributed by atoms with Gasteiger partial charge in [-0.2, -0.15) is 13.2 Å². The van der Waals surface area contributed by atoms with E-state index in [1.807, 2.05) is 5.32 Å². The van der Waals surface area contributed by atoms with E-state index in [-0.39, 0.29) is 34.9 Å². The molecule has 2 rings (SSSR count). The molecule has 174 valence electrons. The number of nitro groups is 1. The molecule has 0 aliphatic heterocycles. The maximum Gasteiger partial charge on any atom is 0.405 e. The van der Waals surface area contributed by atoms with Crippen LogP contribution in [0, 0.1) is 15.9 Å². The van der Waals surface area contributed by atoms with E-state index in [0.29, 0.717) is 11.9 Å². The van der Waals surface area contributed by atoms with E-state index in [1.165, 1.54) is 12.1 Å². The second-order valence-electron chi connectivity index (χ2n) is 5.81. The van der Waals surface area contributed by atoms with Gasteiger partial charge in [-0.25, -0.2) is 9.02 Å². The molecule has 1 aromatic carbocycles. The molecular weight excluding hydrogens is 512 g/mol. The molecule has 17 heteroatoms. The van der Waals surface area contributed by atoms with E-state index in [9.17, 15) is 32.9 Å². The van der Waals surface area contributed by atoms with Crippen molar-refractivity contribution in [1.29, 1.82) is 0 Å². The number of rotatable bonds is 10. The summed E-state index contributed by atoms with van der Waals surface area (Å²) in [7, 11) is 0. The molecular formula is C15H15BrF4N8O4. The van der Waals surface area contributed by atoms with Gasteiger partial charge in [0.2, 0.25) is 11.7 Å². The lowest BCUT2D eigenvalue weighted by Crippen LogP contribution is -2.36. The van der Waals surface area contributed by atoms with E-state index in [2.05, 4.69) is 52.0 Å². The molecule has 32 heavy (non-hydrogen) atoms. The monoisotopic (exact) mass is 526 g/mol. The Morgan fingerprint density at radius 1 is 1.31 bits per heavy atom. The Bertz CT molecular complexity index is 998. The van der Waals surface area contributed by atoms with Crippen LogP contribution in [-0.2, 0) is 0 Å². The van der Waals surface area contributed by atoms with Crippen molar-refractivity contribution in [2.75, 3.05) is 30.3 Å². The second-order valence-corrected chi connectivity index (χ2v) is 6.67. The zero-order valence-corrected chi connectivity index (χ0v) is 17.4. The minimum absolute atomic E-state index is 0.00339. The summed E-state index contributed by atoms with van der Waals surface area (Å²) in [5.74, 6) is -1.17. The van der Waals surface area contributed by atoms with Crippen LogP contribution in [0.5, 0.6) is 0 Å². The van der Waals surface area contributed by atoms with Gasteiger partial charge in [0.05, 0.1) is 9.40 Å². The number of hydrogen-bond acceptors (Lipinski definition) is 10. The average molecular weight is 527 g/mol. The summed E-state index contributed by atoms with van der Waals surface area (Å²) in [6.45, 7) is -1.53. The molecule has 0 spiro atoms. The Kier molecular flexibility index (Phi) is 8.56. The van der Waals surface area contributed by atoms with Crippen LogP contribution in [0.25, 0.3) is 0 Å². The third-order valence-corrected chi connectivity index (χ3v) is 4.05. The van der Waals surface area contributed by atoms with E-state index in [4.69, 9.17) is 0 Å². The first-order valence-corrected chi connectivity index (χ1v) is 9.29. The number of hydrogen-bond donors (Lipinski definition) is 5. The maximum absolute atomic E-state index is 13.4. The van der Waals surface area contributed by atoms with Crippen LogP contribution in [0.4, 0.5) is 29.1 Å². The summed E-state index contributed by atoms with van der Waals surface area (Å²) in [5.41, 5.74) is 0.274. The summed E-state index contributed by atoms with van der Waals surface area (Å²) >= 11 is 3.01. The number of halogens is 5. The van der Waals surface area contributed by atoms with Gasteiger partial charge in [-0.05, 0) is 44.4 Å². The van der Waals surface area contributed by atoms with Gasteiger partial charge >= 0.3 is 6.18 Å². The highest BCUT2D eigenvalue weighted by Crippen LogP contribution is 2.21. The molecule has 0 aliphatic rings. The first-order valence-electron chi connectivity index (χ1n) is 8.50. The number of oxime groups is 1. The number of alkyl halides is 3. The van der Waals surface area contributed by atoms with Gasteiger partial charge in [0, 0.05) is 18.8 Å². The fraction of sp³-hybridized carbons (Fsp3) is 0.267. The van der Waals surface area contributed by atoms with Gasteiger partial charge in [-0.1, -0.05) is 5.16 Å². The number of aromatic nitrogens is 2. The first kappa shape index (κ1) is 24.6. The largest absolute Gasteiger partial charge is 0.409 e. The third-order valence-electron chi connectivity index (χ3n) is 3.44. The predicted octanol–water partition coefficient (Wildman–Crippen LogP) is 2.45. The summed E-state index contributed by atoms with van der Waals surface area (Å²) in [5, 5.41) is 39.8. The van der Waals surface area contributed by atoms with Gasteiger partial charge < -0.3 is 26.5 Å². The van der Waals surface area contributed by atoms with Crippen LogP contribution in [0.15, 0.2) is 44.5 Å². The molecule has 0 aliphatic carbocycles. The molecule has 0 unspecified atom stereocenters. The Balaban J connectivity index is 1.96. The lowest BCUT2D eigenvalue weighted by Gasteiger charge is -2.13. The van der Waals surface area contributed by atoms with Crippen LogP contribution >= 0.6 is 15.9 Å². The van der Waals surface area contributed by atoms with E-state index >= 15 is 0 Å². The molecule has 0 fully saturated rings. The third kappa shape index (κ3) is 7.89. The molecule has 2 aromatic rings. The second kappa shape index (κ2) is 11.1. The Labute approximate surface area is 185 Å². The molecule has 12 nitrogen and oxygen atoms in total. The SMILES string of the molecule is O=[N+]([O-])C=C(NCCNc1nonc1C(=NO)Nc1ccc(F)c(Br)c1)NCC(F)(F)F. The summed E-state index contributed by atoms with van der Waals surface area (Å²) < 4.78 is 55.0. The minimum Gasteiger partial charge on any atom is -0.409 e. The van der Waals surface area contributed by atoms with Crippen LogP contribution in [0.1, 0.15) is 5.69 Å². The van der Waals surface area contributed by atoms with Gasteiger partial charge in [-0.3, -0.25) is 10.1 Å². The minimum atomic E-state index is -4.57. The number of benzene rings is 1. The molecule has 0 saturated heterocycles. The zero-order chi connectivity index (χ0) is 23.7. The molecule has 0 amide bonds. The number of nitrogens with zero attached hydrogens (tertiary/aromatic N) is 4. The van der Waals surface area contributed by atoms with Crippen molar-refractivity contribution < 1.29 is 32.3 Å². The normalized spacial score (nSPS) is 12.4. The zero-order valence-electron chi connectivity index (χ0n) is 15.8. The highest BCUT2D eigenvalue weighted by molar-refractivity contribution is 9.10. The van der Waals surface area contributed by atoms with Gasteiger partial charge in [-0.15, -0.1) is 0 Å². The standard InChI is InChI=1S/C15H15BrF4N8O4/c16-9-5-8(1-2-10(9)17)24-14(25-29)12-13(27-32-26-12)22-4-3-21-11(6-28(30)31)23-7-15(18,19)20/h1-2,5-6,21,23,29H,3-4,7H2,(H,22,27)(H,24,25). The van der Waals surface area contributed by atoms with Gasteiger partial charge in [0.15, 0.2) is 11.5 Å². The topological polar surface area (TPSA) is 163 Å². The van der Waals surface area contributed by atoms with E-state index in [0.717, 1.165) is 6.07 Å². The molecule has 0 bridgehead atoms. The van der Waals surface area contributed by atoms with Crippen LogP contribution in [-0.4, -0.2) is 52.1 Å².